The van der Waals surface area contributed by atoms with Gasteiger partial charge in [0.1, 0.15) is 11.8 Å². The average molecular weight is 269 g/mol. The van der Waals surface area contributed by atoms with Gasteiger partial charge in [0.2, 0.25) is 0 Å². The third kappa shape index (κ3) is 1.74. The van der Waals surface area contributed by atoms with E-state index in [1.165, 1.54) is 0 Å². The molecule has 3 nitrogen and oxygen atoms in total. The number of nitriles is 1. The largest absolute Gasteiger partial charge is 0.428 e. The van der Waals surface area contributed by atoms with Crippen molar-refractivity contribution in [3.8, 4) is 17.3 Å². The maximum Gasteiger partial charge on any atom is 0.106 e. The summed E-state index contributed by atoms with van der Waals surface area (Å²) in [6.07, 6.45) is 0. The molecule has 2 aromatic carbocycles. The second-order valence-corrected chi connectivity index (χ2v) is 4.61. The summed E-state index contributed by atoms with van der Waals surface area (Å²) in [5.74, 6) is 0. The highest BCUT2D eigenvalue weighted by molar-refractivity contribution is 6.31. The monoisotopic (exact) mass is 268 g/mol. The van der Waals surface area contributed by atoms with Crippen LogP contribution in [0.1, 0.15) is 5.56 Å². The number of halogens is 1. The van der Waals surface area contributed by atoms with Crippen molar-refractivity contribution < 1.29 is 5.21 Å². The van der Waals surface area contributed by atoms with E-state index < -0.39 is 0 Å². The fraction of sp³-hybridized carbons (Fsp3) is 0. The van der Waals surface area contributed by atoms with Crippen LogP contribution in [0, 0.1) is 11.3 Å². The highest BCUT2D eigenvalue weighted by Crippen LogP contribution is 2.33. The molecule has 0 unspecified atom stereocenters. The normalized spacial score (nSPS) is 10.5. The molecule has 0 bridgehead atoms. The van der Waals surface area contributed by atoms with Crippen LogP contribution < -0.4 is 0 Å². The maximum atomic E-state index is 10.3. The molecule has 0 amide bonds. The Hall–Kier alpha value is -2.44. The lowest BCUT2D eigenvalue weighted by Crippen LogP contribution is -1.93. The van der Waals surface area contributed by atoms with Crippen molar-refractivity contribution in [1.29, 1.82) is 5.26 Å². The molecule has 4 heteroatoms. The van der Waals surface area contributed by atoms with Crippen LogP contribution in [-0.4, -0.2) is 9.94 Å². The highest BCUT2D eigenvalue weighted by atomic mass is 35.5. The Morgan fingerprint density at radius 1 is 1.11 bits per heavy atom. The van der Waals surface area contributed by atoms with E-state index in [2.05, 4.69) is 6.07 Å². The van der Waals surface area contributed by atoms with Gasteiger partial charge in [-0.05, 0) is 18.2 Å². The standard InChI is InChI=1S/C15H9ClN2O/c16-11-6-7-12-13(9-17)15(18(19)14(12)8-11)10-4-2-1-3-5-10/h1-8,19H. The fourth-order valence-electron chi connectivity index (χ4n) is 2.22. The first kappa shape index (κ1) is 11.6. The van der Waals surface area contributed by atoms with Gasteiger partial charge in [0.05, 0.1) is 11.1 Å². The summed E-state index contributed by atoms with van der Waals surface area (Å²) in [4.78, 5) is 0. The smallest absolute Gasteiger partial charge is 0.106 e. The fourth-order valence-corrected chi connectivity index (χ4v) is 2.39. The van der Waals surface area contributed by atoms with Crippen LogP contribution in [0.2, 0.25) is 5.02 Å². The second-order valence-electron chi connectivity index (χ2n) is 4.17. The third-order valence-electron chi connectivity index (χ3n) is 3.06. The first-order valence-electron chi connectivity index (χ1n) is 5.71. The summed E-state index contributed by atoms with van der Waals surface area (Å²) in [6, 6.07) is 16.6. The summed E-state index contributed by atoms with van der Waals surface area (Å²) < 4.78 is 1.02. The highest BCUT2D eigenvalue weighted by Gasteiger charge is 2.18. The van der Waals surface area contributed by atoms with Gasteiger partial charge in [-0.15, -0.1) is 0 Å². The van der Waals surface area contributed by atoms with Crippen molar-refractivity contribution in [3.05, 3.63) is 59.1 Å². The number of hydrogen-bond acceptors (Lipinski definition) is 2. The predicted octanol–water partition coefficient (Wildman–Crippen LogP) is 4.07. The molecule has 0 aliphatic heterocycles. The van der Waals surface area contributed by atoms with Crippen LogP contribution in [-0.2, 0) is 0 Å². The number of nitrogens with zero attached hydrogens (tertiary/aromatic N) is 2. The molecule has 19 heavy (non-hydrogen) atoms. The van der Waals surface area contributed by atoms with Gasteiger partial charge in [0, 0.05) is 16.0 Å². The Morgan fingerprint density at radius 2 is 1.84 bits per heavy atom. The van der Waals surface area contributed by atoms with Gasteiger partial charge in [-0.3, -0.25) is 0 Å². The first-order chi connectivity index (χ1) is 9.22. The van der Waals surface area contributed by atoms with E-state index >= 15 is 0 Å². The van der Waals surface area contributed by atoms with Crippen LogP contribution in [0.15, 0.2) is 48.5 Å². The van der Waals surface area contributed by atoms with Gasteiger partial charge in [0.25, 0.3) is 0 Å². The Balaban J connectivity index is 2.43. The van der Waals surface area contributed by atoms with Gasteiger partial charge < -0.3 is 5.21 Å². The van der Waals surface area contributed by atoms with Crippen molar-refractivity contribution in [2.75, 3.05) is 0 Å². The van der Waals surface area contributed by atoms with Gasteiger partial charge in [0.15, 0.2) is 0 Å². The van der Waals surface area contributed by atoms with Gasteiger partial charge in [-0.25, -0.2) is 0 Å². The summed E-state index contributed by atoms with van der Waals surface area (Å²) in [7, 11) is 0. The van der Waals surface area contributed by atoms with E-state index in [4.69, 9.17) is 11.6 Å². The molecular formula is C15H9ClN2O. The second kappa shape index (κ2) is 4.34. The van der Waals surface area contributed by atoms with Crippen molar-refractivity contribution in [2.45, 2.75) is 0 Å². The summed E-state index contributed by atoms with van der Waals surface area (Å²) >= 11 is 5.93. The summed E-state index contributed by atoms with van der Waals surface area (Å²) in [5.41, 5.74) is 2.25. The molecule has 92 valence electrons. The molecule has 0 radical (unpaired) electrons. The average Bonchev–Trinajstić information content (AvgIpc) is 2.72. The minimum Gasteiger partial charge on any atom is -0.428 e. The Kier molecular flexibility index (Phi) is 2.66. The molecule has 0 atom stereocenters. The number of hydrogen-bond donors (Lipinski definition) is 1. The van der Waals surface area contributed by atoms with E-state index in [1.54, 1.807) is 18.2 Å². The van der Waals surface area contributed by atoms with E-state index in [-0.39, 0.29) is 0 Å². The molecule has 0 saturated heterocycles. The molecule has 0 spiro atoms. The number of aromatic nitrogens is 1. The van der Waals surface area contributed by atoms with Crippen molar-refractivity contribution >= 4 is 22.5 Å². The molecule has 3 rings (SSSR count). The topological polar surface area (TPSA) is 49.0 Å². The molecule has 0 saturated carbocycles. The molecule has 0 fully saturated rings. The Bertz CT molecular complexity index is 800. The summed E-state index contributed by atoms with van der Waals surface area (Å²) in [5, 5.41) is 20.8. The van der Waals surface area contributed by atoms with Crippen LogP contribution in [0.25, 0.3) is 22.2 Å². The molecule has 0 aliphatic carbocycles. The number of fused-ring (bicyclic) bond motifs is 1. The molecular weight excluding hydrogens is 260 g/mol. The molecule has 0 aliphatic rings. The van der Waals surface area contributed by atoms with E-state index in [9.17, 15) is 10.5 Å². The van der Waals surface area contributed by atoms with E-state index in [0.717, 1.165) is 10.3 Å². The number of benzene rings is 2. The SMILES string of the molecule is N#Cc1c(-c2ccccc2)n(O)c2cc(Cl)ccc12. The van der Waals surface area contributed by atoms with Crippen molar-refractivity contribution in [3.63, 3.8) is 0 Å². The van der Waals surface area contributed by atoms with Crippen LogP contribution in [0.5, 0.6) is 0 Å². The van der Waals surface area contributed by atoms with Crippen LogP contribution >= 0.6 is 11.6 Å². The molecule has 3 aromatic rings. The lowest BCUT2D eigenvalue weighted by molar-refractivity contribution is 0.204. The lowest BCUT2D eigenvalue weighted by atomic mass is 10.1. The molecule has 1 N–H and O–H groups in total. The molecule has 1 aromatic heterocycles. The quantitative estimate of drug-likeness (QED) is 0.676. The minimum absolute atomic E-state index is 0.445. The lowest BCUT2D eigenvalue weighted by Gasteiger charge is -2.03. The van der Waals surface area contributed by atoms with Gasteiger partial charge in [-0.2, -0.15) is 9.99 Å². The predicted molar refractivity (Wildman–Crippen MR) is 74.3 cm³/mol. The zero-order valence-corrected chi connectivity index (χ0v) is 10.6. The van der Waals surface area contributed by atoms with Gasteiger partial charge in [-0.1, -0.05) is 41.9 Å². The van der Waals surface area contributed by atoms with Crippen LogP contribution in [0.4, 0.5) is 0 Å². The minimum atomic E-state index is 0.445. The van der Waals surface area contributed by atoms with Crippen molar-refractivity contribution in [1.82, 2.24) is 4.73 Å². The summed E-state index contributed by atoms with van der Waals surface area (Å²) in [6.45, 7) is 0. The maximum absolute atomic E-state index is 10.3. The van der Waals surface area contributed by atoms with E-state index in [1.807, 2.05) is 30.3 Å². The Morgan fingerprint density at radius 3 is 2.53 bits per heavy atom. The zero-order chi connectivity index (χ0) is 13.4. The van der Waals surface area contributed by atoms with E-state index in [0.29, 0.717) is 27.2 Å². The molecule has 1 heterocycles. The zero-order valence-electron chi connectivity index (χ0n) is 9.84. The number of rotatable bonds is 1. The first-order valence-corrected chi connectivity index (χ1v) is 6.09. The van der Waals surface area contributed by atoms with Crippen LogP contribution in [0.3, 0.4) is 0 Å². The van der Waals surface area contributed by atoms with Gasteiger partial charge >= 0.3 is 0 Å². The third-order valence-corrected chi connectivity index (χ3v) is 3.30. The van der Waals surface area contributed by atoms with Crippen molar-refractivity contribution in [2.24, 2.45) is 0 Å². The Labute approximate surface area is 114 Å².